The molecular weight excluding hydrogens is 302 g/mol. The van der Waals surface area contributed by atoms with Gasteiger partial charge >= 0.3 is 0 Å². The zero-order valence-electron chi connectivity index (χ0n) is 12.7. The lowest BCUT2D eigenvalue weighted by Crippen LogP contribution is -2.25. The van der Waals surface area contributed by atoms with E-state index in [1.165, 1.54) is 11.8 Å². The van der Waals surface area contributed by atoms with Gasteiger partial charge in [0.2, 0.25) is 5.91 Å². The monoisotopic (exact) mass is 321 g/mol. The number of ether oxygens (including phenoxy) is 1. The lowest BCUT2D eigenvalue weighted by molar-refractivity contribution is -0.118. The highest BCUT2D eigenvalue weighted by molar-refractivity contribution is 7.99. The molecule has 0 fully saturated rings. The van der Waals surface area contributed by atoms with Gasteiger partial charge in [0, 0.05) is 6.54 Å². The van der Waals surface area contributed by atoms with E-state index in [-0.39, 0.29) is 18.3 Å². The fourth-order valence-electron chi connectivity index (χ4n) is 1.65. The zero-order valence-corrected chi connectivity index (χ0v) is 13.5. The first-order valence-corrected chi connectivity index (χ1v) is 8.07. The minimum absolute atomic E-state index is 0.0392. The van der Waals surface area contributed by atoms with E-state index in [1.807, 2.05) is 38.1 Å². The van der Waals surface area contributed by atoms with Crippen LogP contribution in [0.1, 0.15) is 24.8 Å². The van der Waals surface area contributed by atoms with Crippen LogP contribution in [0, 0.1) is 6.92 Å². The van der Waals surface area contributed by atoms with Crippen molar-refractivity contribution in [2.45, 2.75) is 32.1 Å². The summed E-state index contributed by atoms with van der Waals surface area (Å²) >= 11 is 1.22. The second-order valence-electron chi connectivity index (χ2n) is 4.71. The average molecular weight is 321 g/mol. The Morgan fingerprint density at radius 1 is 1.41 bits per heavy atom. The van der Waals surface area contributed by atoms with Gasteiger partial charge in [-0.1, -0.05) is 30.8 Å². The fraction of sp³-hybridized carbons (Fsp3) is 0.400. The summed E-state index contributed by atoms with van der Waals surface area (Å²) in [6.45, 7) is 4.89. The Labute approximate surface area is 133 Å². The molecule has 0 bridgehead atoms. The maximum absolute atomic E-state index is 11.5. The van der Waals surface area contributed by atoms with Gasteiger partial charge in [-0.2, -0.15) is 0 Å². The maximum atomic E-state index is 11.5. The number of nitrogens with one attached hydrogen (secondary N) is 1. The summed E-state index contributed by atoms with van der Waals surface area (Å²) in [4.78, 5) is 11.5. The van der Waals surface area contributed by atoms with E-state index < -0.39 is 0 Å². The molecule has 7 heteroatoms. The van der Waals surface area contributed by atoms with Crippen LogP contribution in [0.15, 0.2) is 33.9 Å². The normalized spacial score (nSPS) is 10.5. The van der Waals surface area contributed by atoms with Gasteiger partial charge in [-0.05, 0) is 31.0 Å². The number of rotatable bonds is 8. The highest BCUT2D eigenvalue weighted by Crippen LogP contribution is 2.18. The molecule has 0 saturated carbocycles. The van der Waals surface area contributed by atoms with Crippen molar-refractivity contribution < 1.29 is 13.9 Å². The largest absolute Gasteiger partial charge is 0.484 e. The van der Waals surface area contributed by atoms with Crippen LogP contribution >= 0.6 is 11.8 Å². The molecule has 1 heterocycles. The third-order valence-electron chi connectivity index (χ3n) is 2.70. The van der Waals surface area contributed by atoms with Crippen molar-refractivity contribution in [2.75, 3.05) is 12.3 Å². The van der Waals surface area contributed by atoms with Crippen LogP contribution in [-0.2, 0) is 11.4 Å². The third-order valence-corrected chi connectivity index (χ3v) is 3.52. The summed E-state index contributed by atoms with van der Waals surface area (Å²) in [5, 5.41) is 10.9. The van der Waals surface area contributed by atoms with Crippen LogP contribution in [0.25, 0.3) is 0 Å². The first-order valence-electron chi connectivity index (χ1n) is 7.08. The smallest absolute Gasteiger partial charge is 0.277 e. The topological polar surface area (TPSA) is 77.2 Å². The van der Waals surface area contributed by atoms with Crippen molar-refractivity contribution in [3.05, 3.63) is 35.7 Å². The number of hydrogen-bond acceptors (Lipinski definition) is 6. The predicted molar refractivity (Wildman–Crippen MR) is 83.8 cm³/mol. The Morgan fingerprint density at radius 3 is 3.05 bits per heavy atom. The number of carbonyl (C=O) groups excluding carboxylic acids is 1. The molecule has 0 aliphatic heterocycles. The Bertz CT molecular complexity index is 616. The quantitative estimate of drug-likeness (QED) is 0.753. The van der Waals surface area contributed by atoms with Crippen molar-refractivity contribution in [3.63, 3.8) is 0 Å². The van der Waals surface area contributed by atoms with E-state index in [4.69, 9.17) is 9.15 Å². The molecule has 2 aromatic rings. The van der Waals surface area contributed by atoms with E-state index in [0.29, 0.717) is 17.7 Å². The number of benzene rings is 1. The molecule has 118 valence electrons. The number of amides is 1. The van der Waals surface area contributed by atoms with Gasteiger partial charge < -0.3 is 14.5 Å². The summed E-state index contributed by atoms with van der Waals surface area (Å²) in [6.07, 6.45) is 0.914. The molecule has 0 aliphatic carbocycles. The van der Waals surface area contributed by atoms with Crippen molar-refractivity contribution in [2.24, 2.45) is 0 Å². The third kappa shape index (κ3) is 5.40. The fourth-order valence-corrected chi connectivity index (χ4v) is 2.26. The first kappa shape index (κ1) is 16.4. The summed E-state index contributed by atoms with van der Waals surface area (Å²) in [7, 11) is 0. The predicted octanol–water partition coefficient (Wildman–Crippen LogP) is 2.58. The minimum atomic E-state index is -0.0392. The first-order chi connectivity index (χ1) is 10.7. The Kier molecular flexibility index (Phi) is 6.27. The SMILES string of the molecule is CCCNC(=O)CSc1nnc(COc2cccc(C)c2)o1. The molecule has 0 radical (unpaired) electrons. The Morgan fingerprint density at radius 2 is 2.27 bits per heavy atom. The van der Waals surface area contributed by atoms with E-state index in [1.54, 1.807) is 0 Å². The van der Waals surface area contributed by atoms with E-state index in [2.05, 4.69) is 15.5 Å². The van der Waals surface area contributed by atoms with Crippen LogP contribution in [0.4, 0.5) is 0 Å². The molecule has 0 spiro atoms. The molecular formula is C15H19N3O3S. The van der Waals surface area contributed by atoms with Gasteiger partial charge in [0.15, 0.2) is 6.61 Å². The number of aromatic nitrogens is 2. The lowest BCUT2D eigenvalue weighted by Gasteiger charge is -2.03. The zero-order chi connectivity index (χ0) is 15.8. The van der Waals surface area contributed by atoms with Gasteiger partial charge in [0.25, 0.3) is 11.1 Å². The number of thioether (sulfide) groups is 1. The van der Waals surface area contributed by atoms with Gasteiger partial charge in [-0.15, -0.1) is 10.2 Å². The van der Waals surface area contributed by atoms with Crippen molar-refractivity contribution >= 4 is 17.7 Å². The molecule has 1 aromatic heterocycles. The second kappa shape index (κ2) is 8.43. The highest BCUT2D eigenvalue weighted by Gasteiger charge is 2.10. The second-order valence-corrected chi connectivity index (χ2v) is 5.63. The summed E-state index contributed by atoms with van der Waals surface area (Å²) in [5.41, 5.74) is 1.12. The molecule has 1 aromatic carbocycles. The summed E-state index contributed by atoms with van der Waals surface area (Å²) in [5.74, 6) is 1.37. The number of aryl methyl sites for hydroxylation is 1. The van der Waals surface area contributed by atoms with E-state index in [9.17, 15) is 4.79 Å². The maximum Gasteiger partial charge on any atom is 0.277 e. The van der Waals surface area contributed by atoms with Gasteiger partial charge in [0.05, 0.1) is 5.75 Å². The van der Waals surface area contributed by atoms with Crippen LogP contribution < -0.4 is 10.1 Å². The number of nitrogens with zero attached hydrogens (tertiary/aromatic N) is 2. The van der Waals surface area contributed by atoms with Crippen molar-refractivity contribution in [1.82, 2.24) is 15.5 Å². The minimum Gasteiger partial charge on any atom is -0.484 e. The molecule has 0 aliphatic rings. The average Bonchev–Trinajstić information content (AvgIpc) is 2.97. The van der Waals surface area contributed by atoms with Gasteiger partial charge in [-0.3, -0.25) is 4.79 Å². The van der Waals surface area contributed by atoms with Crippen LogP contribution in [0.2, 0.25) is 0 Å². The molecule has 0 atom stereocenters. The van der Waals surface area contributed by atoms with Crippen molar-refractivity contribution in [1.29, 1.82) is 0 Å². The number of carbonyl (C=O) groups is 1. The summed E-state index contributed by atoms with van der Waals surface area (Å²) < 4.78 is 11.0. The van der Waals surface area contributed by atoms with Gasteiger partial charge in [0.1, 0.15) is 5.75 Å². The van der Waals surface area contributed by atoms with Crippen LogP contribution in [-0.4, -0.2) is 28.4 Å². The molecule has 1 amide bonds. The molecule has 1 N–H and O–H groups in total. The molecule has 6 nitrogen and oxygen atoms in total. The van der Waals surface area contributed by atoms with Gasteiger partial charge in [-0.25, -0.2) is 0 Å². The van der Waals surface area contributed by atoms with E-state index >= 15 is 0 Å². The molecule has 0 unspecified atom stereocenters. The Hall–Kier alpha value is -2.02. The highest BCUT2D eigenvalue weighted by atomic mass is 32.2. The van der Waals surface area contributed by atoms with E-state index in [0.717, 1.165) is 17.7 Å². The van der Waals surface area contributed by atoms with Crippen molar-refractivity contribution in [3.8, 4) is 5.75 Å². The number of hydrogen-bond donors (Lipinski definition) is 1. The molecule has 0 saturated heterocycles. The Balaban J connectivity index is 1.77. The standard InChI is InChI=1S/C15H19N3O3S/c1-3-7-16-13(19)10-22-15-18-17-14(21-15)9-20-12-6-4-5-11(2)8-12/h4-6,8H,3,7,9-10H2,1-2H3,(H,16,19). The molecule has 2 rings (SSSR count). The lowest BCUT2D eigenvalue weighted by atomic mass is 10.2. The van der Waals surface area contributed by atoms with Crippen LogP contribution in [0.5, 0.6) is 5.75 Å². The summed E-state index contributed by atoms with van der Waals surface area (Å²) in [6, 6.07) is 7.73. The molecule has 22 heavy (non-hydrogen) atoms. The van der Waals surface area contributed by atoms with Crippen LogP contribution in [0.3, 0.4) is 0 Å².